The van der Waals surface area contributed by atoms with Crippen molar-refractivity contribution in [3.05, 3.63) is 12.7 Å². The van der Waals surface area contributed by atoms with Gasteiger partial charge in [-0.2, -0.15) is 17.4 Å². The summed E-state index contributed by atoms with van der Waals surface area (Å²) in [5.41, 5.74) is 0. The molecule has 1 rings (SSSR count). The molecule has 5 nitrogen and oxygen atoms in total. The van der Waals surface area contributed by atoms with Crippen LogP contribution in [0.1, 0.15) is 12.8 Å². The second kappa shape index (κ2) is 4.88. The highest BCUT2D eigenvalue weighted by molar-refractivity contribution is 7.87. The van der Waals surface area contributed by atoms with Crippen LogP contribution in [-0.2, 0) is 10.2 Å². The summed E-state index contributed by atoms with van der Waals surface area (Å²) in [4.78, 5) is 0. The molecule has 0 bridgehead atoms. The third-order valence-corrected chi connectivity index (χ3v) is 3.56. The largest absolute Gasteiger partial charge is 0.395 e. The molecule has 0 aromatic heterocycles. The Kier molecular flexibility index (Phi) is 4.06. The maximum atomic E-state index is 11.6. The van der Waals surface area contributed by atoms with Gasteiger partial charge in [-0.25, -0.2) is 0 Å². The summed E-state index contributed by atoms with van der Waals surface area (Å²) in [6, 6.07) is 0.0889. The first-order chi connectivity index (χ1) is 6.60. The van der Waals surface area contributed by atoms with Crippen molar-refractivity contribution >= 4 is 10.2 Å². The highest BCUT2D eigenvalue weighted by atomic mass is 32.2. The quantitative estimate of drug-likeness (QED) is 0.566. The molecule has 14 heavy (non-hydrogen) atoms. The molecule has 82 valence electrons. The second-order valence-corrected chi connectivity index (χ2v) is 4.97. The van der Waals surface area contributed by atoms with Gasteiger partial charge in [-0.15, -0.1) is 6.58 Å². The Bertz CT molecular complexity index is 285. The molecule has 0 atom stereocenters. The molecule has 6 heteroatoms. The van der Waals surface area contributed by atoms with Crippen LogP contribution in [0.15, 0.2) is 12.7 Å². The van der Waals surface area contributed by atoms with E-state index >= 15 is 0 Å². The summed E-state index contributed by atoms with van der Waals surface area (Å²) in [6.45, 7) is 3.62. The van der Waals surface area contributed by atoms with Crippen LogP contribution in [-0.4, -0.2) is 43.6 Å². The molecule has 0 radical (unpaired) electrons. The van der Waals surface area contributed by atoms with E-state index in [9.17, 15) is 8.42 Å². The fraction of sp³-hybridized carbons (Fsp3) is 0.750. The van der Waals surface area contributed by atoms with Gasteiger partial charge < -0.3 is 5.11 Å². The molecule has 0 unspecified atom stereocenters. The lowest BCUT2D eigenvalue weighted by atomic mass is 10.6. The predicted molar refractivity (Wildman–Crippen MR) is 53.9 cm³/mol. The van der Waals surface area contributed by atoms with Gasteiger partial charge in [0.05, 0.1) is 6.61 Å². The third-order valence-electron chi connectivity index (χ3n) is 1.92. The van der Waals surface area contributed by atoms with Gasteiger partial charge in [0.25, 0.3) is 10.2 Å². The minimum absolute atomic E-state index is 0.0889. The van der Waals surface area contributed by atoms with E-state index in [0.29, 0.717) is 0 Å². The maximum absolute atomic E-state index is 11.6. The van der Waals surface area contributed by atoms with Gasteiger partial charge in [-0.1, -0.05) is 6.08 Å². The van der Waals surface area contributed by atoms with Gasteiger partial charge in [0, 0.05) is 19.1 Å². The topological polar surface area (TPSA) is 69.6 Å². The zero-order valence-corrected chi connectivity index (χ0v) is 8.83. The molecule has 2 N–H and O–H groups in total. The predicted octanol–water partition coefficient (Wildman–Crippen LogP) is -0.536. The maximum Gasteiger partial charge on any atom is 0.280 e. The Hall–Kier alpha value is -0.430. The lowest BCUT2D eigenvalue weighted by Crippen LogP contribution is -2.43. The van der Waals surface area contributed by atoms with E-state index in [1.165, 1.54) is 10.4 Å². The number of nitrogens with zero attached hydrogens (tertiary/aromatic N) is 1. The van der Waals surface area contributed by atoms with E-state index in [-0.39, 0.29) is 25.7 Å². The van der Waals surface area contributed by atoms with Gasteiger partial charge in [-0.3, -0.25) is 0 Å². The van der Waals surface area contributed by atoms with Crippen LogP contribution in [0.25, 0.3) is 0 Å². The van der Waals surface area contributed by atoms with Crippen LogP contribution >= 0.6 is 0 Å². The summed E-state index contributed by atoms with van der Waals surface area (Å²) in [7, 11) is -3.43. The summed E-state index contributed by atoms with van der Waals surface area (Å²) >= 11 is 0. The fourth-order valence-electron chi connectivity index (χ4n) is 1.05. The van der Waals surface area contributed by atoms with E-state index in [4.69, 9.17) is 5.11 Å². The second-order valence-electron chi connectivity index (χ2n) is 3.27. The number of aliphatic hydroxyl groups is 1. The molecule has 1 aliphatic carbocycles. The molecule has 0 spiro atoms. The van der Waals surface area contributed by atoms with Gasteiger partial charge in [0.15, 0.2) is 0 Å². The third kappa shape index (κ3) is 3.38. The fourth-order valence-corrected chi connectivity index (χ4v) is 2.48. The smallest absolute Gasteiger partial charge is 0.280 e. The number of aliphatic hydroxyl groups excluding tert-OH is 1. The van der Waals surface area contributed by atoms with Crippen molar-refractivity contribution in [2.75, 3.05) is 19.7 Å². The van der Waals surface area contributed by atoms with E-state index in [2.05, 4.69) is 11.3 Å². The molecular weight excluding hydrogens is 204 g/mol. The van der Waals surface area contributed by atoms with Crippen LogP contribution in [0.3, 0.4) is 0 Å². The van der Waals surface area contributed by atoms with Crippen molar-refractivity contribution in [2.45, 2.75) is 18.9 Å². The van der Waals surface area contributed by atoms with Gasteiger partial charge in [0.1, 0.15) is 0 Å². The van der Waals surface area contributed by atoms with Crippen LogP contribution < -0.4 is 4.72 Å². The van der Waals surface area contributed by atoms with Gasteiger partial charge >= 0.3 is 0 Å². The number of hydrogen-bond acceptors (Lipinski definition) is 3. The van der Waals surface area contributed by atoms with Crippen LogP contribution in [0, 0.1) is 0 Å². The lowest BCUT2D eigenvalue weighted by molar-refractivity contribution is 0.259. The summed E-state index contributed by atoms with van der Waals surface area (Å²) in [5, 5.41) is 8.71. The highest BCUT2D eigenvalue weighted by Crippen LogP contribution is 2.20. The Morgan fingerprint density at radius 1 is 1.57 bits per heavy atom. The Labute approximate surface area is 84.6 Å². The first kappa shape index (κ1) is 11.6. The van der Waals surface area contributed by atoms with Crippen molar-refractivity contribution in [3.63, 3.8) is 0 Å². The number of rotatable bonds is 7. The Morgan fingerprint density at radius 3 is 2.64 bits per heavy atom. The molecule has 0 aromatic carbocycles. The first-order valence-electron chi connectivity index (χ1n) is 4.59. The summed E-state index contributed by atoms with van der Waals surface area (Å²) < 4.78 is 27.0. The van der Waals surface area contributed by atoms with Crippen molar-refractivity contribution < 1.29 is 13.5 Å². The average Bonchev–Trinajstić information content (AvgIpc) is 2.87. The molecular formula is C8H16N2O3S. The Morgan fingerprint density at radius 2 is 2.21 bits per heavy atom. The van der Waals surface area contributed by atoms with Gasteiger partial charge in [0.2, 0.25) is 0 Å². The zero-order chi connectivity index (χ0) is 10.6. The molecule has 0 aromatic rings. The number of nitrogens with one attached hydrogen (secondary N) is 1. The normalized spacial score (nSPS) is 17.3. The standard InChI is InChI=1S/C8H16N2O3S/c1-2-5-10(6-7-11)14(12,13)9-8-3-4-8/h2,8-9,11H,1,3-7H2. The van der Waals surface area contributed by atoms with Crippen molar-refractivity contribution in [2.24, 2.45) is 0 Å². The van der Waals surface area contributed by atoms with Gasteiger partial charge in [-0.05, 0) is 12.8 Å². The molecule has 1 saturated carbocycles. The molecule has 0 aliphatic heterocycles. The molecule has 0 heterocycles. The molecule has 0 amide bonds. The van der Waals surface area contributed by atoms with Crippen molar-refractivity contribution in [3.8, 4) is 0 Å². The Balaban J connectivity index is 2.57. The zero-order valence-electron chi connectivity index (χ0n) is 8.02. The van der Waals surface area contributed by atoms with Crippen molar-refractivity contribution in [1.29, 1.82) is 0 Å². The monoisotopic (exact) mass is 220 g/mol. The SMILES string of the molecule is C=CCN(CCO)S(=O)(=O)NC1CC1. The van der Waals surface area contributed by atoms with E-state index in [1.807, 2.05) is 0 Å². The van der Waals surface area contributed by atoms with Crippen LogP contribution in [0.4, 0.5) is 0 Å². The van der Waals surface area contributed by atoms with E-state index < -0.39 is 10.2 Å². The lowest BCUT2D eigenvalue weighted by Gasteiger charge is -2.19. The first-order valence-corrected chi connectivity index (χ1v) is 6.03. The van der Waals surface area contributed by atoms with Crippen LogP contribution in [0.2, 0.25) is 0 Å². The van der Waals surface area contributed by atoms with Crippen LogP contribution in [0.5, 0.6) is 0 Å². The highest BCUT2D eigenvalue weighted by Gasteiger charge is 2.30. The summed E-state index contributed by atoms with van der Waals surface area (Å²) in [6.07, 6.45) is 3.31. The molecule has 1 aliphatic rings. The van der Waals surface area contributed by atoms with Crippen molar-refractivity contribution in [1.82, 2.24) is 9.03 Å². The minimum Gasteiger partial charge on any atom is -0.395 e. The van der Waals surface area contributed by atoms with E-state index in [1.54, 1.807) is 0 Å². The molecule has 1 fully saturated rings. The number of hydrogen-bond donors (Lipinski definition) is 2. The minimum atomic E-state index is -3.43. The summed E-state index contributed by atoms with van der Waals surface area (Å²) in [5.74, 6) is 0. The molecule has 0 saturated heterocycles. The average molecular weight is 220 g/mol. The van der Waals surface area contributed by atoms with E-state index in [0.717, 1.165) is 12.8 Å².